The van der Waals surface area contributed by atoms with Gasteiger partial charge in [0.25, 0.3) is 11.1 Å². The van der Waals surface area contributed by atoms with E-state index in [2.05, 4.69) is 21.9 Å². The zero-order chi connectivity index (χ0) is 22.5. The maximum absolute atomic E-state index is 12.4. The highest BCUT2D eigenvalue weighted by molar-refractivity contribution is 9.10. The molecular weight excluding hydrogens is 486 g/mol. The molecule has 0 unspecified atom stereocenters. The third-order valence-corrected chi connectivity index (χ3v) is 5.75. The second-order valence-electron chi connectivity index (χ2n) is 6.30. The zero-order valence-corrected chi connectivity index (χ0v) is 18.7. The first-order valence-electron chi connectivity index (χ1n) is 8.85. The highest BCUT2D eigenvalue weighted by Crippen LogP contribution is 2.39. The molecule has 0 aromatic heterocycles. The summed E-state index contributed by atoms with van der Waals surface area (Å²) in [5.41, 5.74) is 1.61. The predicted molar refractivity (Wildman–Crippen MR) is 120 cm³/mol. The minimum absolute atomic E-state index is 0.0742. The van der Waals surface area contributed by atoms with Gasteiger partial charge in [-0.25, -0.2) is 4.79 Å². The van der Waals surface area contributed by atoms with Crippen molar-refractivity contribution in [2.24, 2.45) is 0 Å². The lowest BCUT2D eigenvalue weighted by molar-refractivity contribution is -0.122. The molecule has 2 amide bonds. The number of halogens is 1. The first kappa shape index (κ1) is 22.5. The van der Waals surface area contributed by atoms with Crippen molar-refractivity contribution in [3.05, 3.63) is 62.5 Å². The largest absolute Gasteiger partial charge is 0.493 e. The van der Waals surface area contributed by atoms with Gasteiger partial charge >= 0.3 is 5.97 Å². The van der Waals surface area contributed by atoms with Crippen molar-refractivity contribution in [1.82, 2.24) is 4.90 Å². The van der Waals surface area contributed by atoms with Crippen LogP contribution < -0.4 is 9.47 Å². The number of ether oxygens (including phenoxy) is 2. The minimum atomic E-state index is -0.996. The Morgan fingerprint density at radius 1 is 1.29 bits per heavy atom. The van der Waals surface area contributed by atoms with Crippen LogP contribution in [-0.4, -0.2) is 40.8 Å². The van der Waals surface area contributed by atoms with Crippen LogP contribution in [0.5, 0.6) is 11.5 Å². The number of carboxylic acids is 1. The van der Waals surface area contributed by atoms with Gasteiger partial charge in [-0.1, -0.05) is 18.1 Å². The fraction of sp³-hybridized carbons (Fsp3) is 0.136. The molecule has 3 rings (SSSR count). The fourth-order valence-corrected chi connectivity index (χ4v) is 4.15. The summed E-state index contributed by atoms with van der Waals surface area (Å²) in [7, 11) is 1.49. The van der Waals surface area contributed by atoms with Crippen LogP contribution in [-0.2, 0) is 11.4 Å². The molecule has 2 aromatic rings. The van der Waals surface area contributed by atoms with E-state index in [0.717, 1.165) is 22.2 Å². The molecule has 0 spiro atoms. The van der Waals surface area contributed by atoms with Gasteiger partial charge in [0.1, 0.15) is 6.61 Å². The number of rotatable bonds is 7. The van der Waals surface area contributed by atoms with Gasteiger partial charge in [0, 0.05) is 0 Å². The molecule has 9 heteroatoms. The lowest BCUT2D eigenvalue weighted by Crippen LogP contribution is -2.28. The summed E-state index contributed by atoms with van der Waals surface area (Å²) in [6.45, 7) is 0.119. The normalized spacial score (nSPS) is 14.6. The standard InChI is InChI=1S/C22H16BrNO6S/c1-3-8-24-20(25)18(31-22(24)28)11-14-9-16(23)19(17(10-14)29-2)30-12-13-4-6-15(7-5-13)21(26)27/h1,4-7,9-11H,8,12H2,2H3,(H,26,27)/b18-11+. The van der Waals surface area contributed by atoms with Crippen molar-refractivity contribution >= 4 is 50.9 Å². The summed E-state index contributed by atoms with van der Waals surface area (Å²) in [6, 6.07) is 9.77. The molecule has 1 aliphatic rings. The van der Waals surface area contributed by atoms with E-state index in [4.69, 9.17) is 21.0 Å². The number of thioether (sulfide) groups is 1. The van der Waals surface area contributed by atoms with Crippen molar-refractivity contribution < 1.29 is 29.0 Å². The smallest absolute Gasteiger partial charge is 0.335 e. The number of carbonyl (C=O) groups excluding carboxylic acids is 2. The number of aromatic carboxylic acids is 1. The number of hydrogen-bond donors (Lipinski definition) is 1. The molecule has 7 nitrogen and oxygen atoms in total. The molecule has 0 atom stereocenters. The SMILES string of the molecule is C#CCN1C(=O)S/C(=C/c2cc(Br)c(OCc3ccc(C(=O)O)cc3)c(OC)c2)C1=O. The number of amides is 2. The number of nitrogens with zero attached hydrogens (tertiary/aromatic N) is 1. The maximum atomic E-state index is 12.4. The van der Waals surface area contributed by atoms with E-state index in [1.165, 1.54) is 19.2 Å². The van der Waals surface area contributed by atoms with Gasteiger partial charge in [-0.2, -0.15) is 0 Å². The fourth-order valence-electron chi connectivity index (χ4n) is 2.74. The third-order valence-electron chi connectivity index (χ3n) is 4.26. The number of hydrogen-bond acceptors (Lipinski definition) is 6. The van der Waals surface area contributed by atoms with Crippen LogP contribution in [0.3, 0.4) is 0 Å². The Bertz CT molecular complexity index is 1120. The molecular formula is C22H16BrNO6S. The van der Waals surface area contributed by atoms with Gasteiger partial charge in [-0.3, -0.25) is 14.5 Å². The summed E-state index contributed by atoms with van der Waals surface area (Å²) >= 11 is 4.27. The Hall–Kier alpha value is -3.22. The summed E-state index contributed by atoms with van der Waals surface area (Å²) in [5, 5.41) is 8.57. The van der Waals surface area contributed by atoms with E-state index >= 15 is 0 Å². The van der Waals surface area contributed by atoms with Gasteiger partial charge in [-0.05, 0) is 69.2 Å². The highest BCUT2D eigenvalue weighted by Gasteiger charge is 2.34. The van der Waals surface area contributed by atoms with E-state index < -0.39 is 17.1 Å². The van der Waals surface area contributed by atoms with E-state index in [9.17, 15) is 14.4 Å². The number of benzene rings is 2. The van der Waals surface area contributed by atoms with Crippen LogP contribution in [0.2, 0.25) is 0 Å². The monoisotopic (exact) mass is 501 g/mol. The second kappa shape index (κ2) is 9.73. The first-order valence-corrected chi connectivity index (χ1v) is 10.5. The molecule has 1 aliphatic heterocycles. The van der Waals surface area contributed by atoms with Crippen LogP contribution in [0.25, 0.3) is 6.08 Å². The van der Waals surface area contributed by atoms with E-state index in [-0.39, 0.29) is 23.6 Å². The Morgan fingerprint density at radius 2 is 2.00 bits per heavy atom. The number of carbonyl (C=O) groups is 3. The molecule has 1 fully saturated rings. The predicted octanol–water partition coefficient (Wildman–Crippen LogP) is 4.40. The van der Waals surface area contributed by atoms with Gasteiger partial charge in [-0.15, -0.1) is 6.42 Å². The Morgan fingerprint density at radius 3 is 2.61 bits per heavy atom. The van der Waals surface area contributed by atoms with E-state index in [1.54, 1.807) is 30.3 Å². The van der Waals surface area contributed by atoms with Crippen molar-refractivity contribution in [3.63, 3.8) is 0 Å². The lowest BCUT2D eigenvalue weighted by Gasteiger charge is -2.14. The van der Waals surface area contributed by atoms with Crippen LogP contribution in [0.1, 0.15) is 21.5 Å². The number of imide groups is 1. The van der Waals surface area contributed by atoms with Crippen molar-refractivity contribution in [3.8, 4) is 23.8 Å². The average molecular weight is 502 g/mol. The number of carboxylic acid groups (broad SMARTS) is 1. The molecule has 31 heavy (non-hydrogen) atoms. The highest BCUT2D eigenvalue weighted by atomic mass is 79.9. The molecule has 2 aromatic carbocycles. The van der Waals surface area contributed by atoms with E-state index in [0.29, 0.717) is 21.5 Å². The quantitative estimate of drug-likeness (QED) is 0.443. The zero-order valence-electron chi connectivity index (χ0n) is 16.3. The molecule has 1 N–H and O–H groups in total. The van der Waals surface area contributed by atoms with Crippen molar-refractivity contribution in [2.75, 3.05) is 13.7 Å². The Labute approximate surface area is 191 Å². The van der Waals surface area contributed by atoms with Crippen molar-refractivity contribution in [1.29, 1.82) is 0 Å². The Kier molecular flexibility index (Phi) is 7.05. The molecule has 0 aliphatic carbocycles. The maximum Gasteiger partial charge on any atom is 0.335 e. The van der Waals surface area contributed by atoms with Crippen LogP contribution in [0, 0.1) is 12.3 Å². The third kappa shape index (κ3) is 5.10. The lowest BCUT2D eigenvalue weighted by atomic mass is 10.1. The van der Waals surface area contributed by atoms with Gasteiger partial charge < -0.3 is 14.6 Å². The number of methoxy groups -OCH3 is 1. The van der Waals surface area contributed by atoms with Crippen LogP contribution in [0.15, 0.2) is 45.8 Å². The second-order valence-corrected chi connectivity index (χ2v) is 8.14. The van der Waals surface area contributed by atoms with Gasteiger partial charge in [0.2, 0.25) is 0 Å². The van der Waals surface area contributed by atoms with Crippen molar-refractivity contribution in [2.45, 2.75) is 6.61 Å². The number of terminal acetylenes is 1. The molecule has 1 heterocycles. The van der Waals surface area contributed by atoms with Gasteiger partial charge in [0.05, 0.1) is 28.6 Å². The summed E-state index contributed by atoms with van der Waals surface area (Å²) in [6.07, 6.45) is 6.80. The topological polar surface area (TPSA) is 93.1 Å². The summed E-state index contributed by atoms with van der Waals surface area (Å²) in [4.78, 5) is 36.5. The minimum Gasteiger partial charge on any atom is -0.493 e. The molecule has 1 saturated heterocycles. The average Bonchev–Trinajstić information content (AvgIpc) is 3.00. The first-order chi connectivity index (χ1) is 14.8. The van der Waals surface area contributed by atoms with Crippen LogP contribution >= 0.6 is 27.7 Å². The molecule has 0 bridgehead atoms. The van der Waals surface area contributed by atoms with E-state index in [1.807, 2.05) is 0 Å². The Balaban J connectivity index is 1.80. The van der Waals surface area contributed by atoms with Gasteiger partial charge in [0.15, 0.2) is 11.5 Å². The summed E-state index contributed by atoms with van der Waals surface area (Å²) < 4.78 is 11.9. The summed E-state index contributed by atoms with van der Waals surface area (Å²) in [5.74, 6) is 1.73. The molecule has 0 saturated carbocycles. The molecule has 0 radical (unpaired) electrons. The molecule has 158 valence electrons. The van der Waals surface area contributed by atoms with Crippen LogP contribution in [0.4, 0.5) is 4.79 Å².